The first-order valence-electron chi connectivity index (χ1n) is 24.5. The Hall–Kier alpha value is -5.22. The Kier molecular flexibility index (Phi) is 7.12. The van der Waals surface area contributed by atoms with E-state index in [9.17, 15) is 9.80 Å². The van der Waals surface area contributed by atoms with Crippen LogP contribution in [0.5, 0.6) is 0 Å². The number of benzene rings is 5. The first kappa shape index (κ1) is 22.1. The number of hydrogen-bond acceptors (Lipinski definition) is 2. The topological polar surface area (TPSA) is 48.3 Å². The number of aromatic nitrogens is 1. The largest absolute Gasteiger partial charge is 3.00 e. The molecule has 0 aliphatic heterocycles. The van der Waals surface area contributed by atoms with Crippen molar-refractivity contribution in [3.05, 3.63) is 179 Å². The SMILES string of the molecule is [2H]c1c([2H])c(C([2H])([2H])C(C)(C)C)c([2H])c([2H])c1C(=C/C=[N-])/C=C(\C)c1[c-]ccc2c1oc1c(F)cccc12.[2H]c1c([2H])c([2H])c(-c2cc(-c3ccc(C([2H])([2H])[2H])cn3)[c-]cc2C([2H])([2H])[2H])c([2H])c1[2H].[Ir+3]. The van der Waals surface area contributed by atoms with E-state index in [1.165, 1.54) is 42.6 Å². The number of fused-ring (bicyclic) bond motifs is 3. The van der Waals surface area contributed by atoms with E-state index in [4.69, 9.17) is 27.7 Å². The molecule has 5 heteroatoms. The molecule has 53 heavy (non-hydrogen) atoms. The zero-order valence-electron chi connectivity index (χ0n) is 46.0. The second kappa shape index (κ2) is 17.1. The predicted molar refractivity (Wildman–Crippen MR) is 217 cm³/mol. The van der Waals surface area contributed by atoms with Crippen LogP contribution in [0.15, 0.2) is 132 Å². The maximum Gasteiger partial charge on any atom is 3.00 e. The Bertz CT molecular complexity index is 3180. The summed E-state index contributed by atoms with van der Waals surface area (Å²) >= 11 is 0. The quantitative estimate of drug-likeness (QED) is 0.0909. The molecule has 0 unspecified atom stereocenters. The summed E-state index contributed by atoms with van der Waals surface area (Å²) in [6.45, 7) is 1.65. The summed E-state index contributed by atoms with van der Waals surface area (Å²) in [5.41, 5.74) is 0.373. The van der Waals surface area contributed by atoms with Crippen molar-refractivity contribution < 1.29 is 52.2 Å². The van der Waals surface area contributed by atoms with Crippen molar-refractivity contribution in [2.24, 2.45) is 5.41 Å². The Labute approximate surface area is 350 Å². The van der Waals surface area contributed by atoms with Crippen LogP contribution in [0.4, 0.5) is 4.39 Å². The summed E-state index contributed by atoms with van der Waals surface area (Å²) in [6, 6.07) is 14.7. The maximum absolute atomic E-state index is 14.4. The average Bonchev–Trinajstić information content (AvgIpc) is 3.66. The van der Waals surface area contributed by atoms with Gasteiger partial charge in [-0.25, -0.2) is 4.39 Å². The van der Waals surface area contributed by atoms with Gasteiger partial charge < -0.3 is 14.8 Å². The molecule has 7 aromatic rings. The van der Waals surface area contributed by atoms with Crippen LogP contribution in [0.25, 0.3) is 60.9 Å². The van der Waals surface area contributed by atoms with E-state index in [1.54, 1.807) is 58.0 Å². The van der Waals surface area contributed by atoms with Crippen LogP contribution >= 0.6 is 0 Å². The molecule has 0 aliphatic rings. The van der Waals surface area contributed by atoms with E-state index in [0.29, 0.717) is 33.2 Å². The summed E-state index contributed by atoms with van der Waals surface area (Å²) in [5, 5.41) is 10.9. The van der Waals surface area contributed by atoms with Crippen LogP contribution in [0, 0.1) is 37.1 Å². The minimum absolute atomic E-state index is 0. The smallest absolute Gasteiger partial charge is 0.811 e. The first-order chi connectivity index (χ1) is 31.9. The third kappa shape index (κ3) is 9.42. The molecule has 0 atom stereocenters. The summed E-state index contributed by atoms with van der Waals surface area (Å²) in [6.07, 6.45) is 2.56. The molecule has 5 aromatic carbocycles. The van der Waals surface area contributed by atoms with Gasteiger partial charge in [-0.3, -0.25) is 0 Å². The summed E-state index contributed by atoms with van der Waals surface area (Å²) in [7, 11) is 0. The summed E-state index contributed by atoms with van der Waals surface area (Å²) < 4.78 is 157. The van der Waals surface area contributed by atoms with Crippen molar-refractivity contribution in [1.29, 1.82) is 0 Å². The monoisotopic (exact) mass is 891 g/mol. The molecule has 0 bridgehead atoms. The van der Waals surface area contributed by atoms with Gasteiger partial charge in [-0.05, 0) is 58.2 Å². The summed E-state index contributed by atoms with van der Waals surface area (Å²) in [4.78, 5) is 4.11. The number of allylic oxidation sites excluding steroid dienone is 4. The number of hydrogen-bond donors (Lipinski definition) is 0. The first-order valence-corrected chi connectivity index (χ1v) is 16.0. The third-order valence-corrected chi connectivity index (χ3v) is 7.60. The Balaban J connectivity index is 0.000000262. The molecular formula is C48H42FIrN2O. The zero-order chi connectivity index (χ0) is 51.5. The fourth-order valence-corrected chi connectivity index (χ4v) is 5.29. The molecule has 0 amide bonds. The molecule has 2 heterocycles. The van der Waals surface area contributed by atoms with Gasteiger partial charge in [0.15, 0.2) is 11.4 Å². The zero-order valence-corrected chi connectivity index (χ0v) is 31.4. The summed E-state index contributed by atoms with van der Waals surface area (Å²) in [5.74, 6) is -0.499. The Morgan fingerprint density at radius 1 is 0.981 bits per heavy atom. The molecule has 7 rings (SSSR count). The Morgan fingerprint density at radius 3 is 2.43 bits per heavy atom. The second-order valence-corrected chi connectivity index (χ2v) is 12.6. The van der Waals surface area contributed by atoms with E-state index >= 15 is 0 Å². The third-order valence-electron chi connectivity index (χ3n) is 7.60. The van der Waals surface area contributed by atoms with Crippen LogP contribution in [0.3, 0.4) is 0 Å². The molecule has 266 valence electrons. The van der Waals surface area contributed by atoms with E-state index in [0.717, 1.165) is 6.21 Å². The molecule has 3 nitrogen and oxygen atoms in total. The van der Waals surface area contributed by atoms with Gasteiger partial charge in [-0.2, -0.15) is 6.21 Å². The minimum atomic E-state index is -2.63. The van der Waals surface area contributed by atoms with Crippen LogP contribution in [-0.4, -0.2) is 11.2 Å². The molecule has 0 aliphatic carbocycles. The van der Waals surface area contributed by atoms with Gasteiger partial charge in [0.05, 0.1) is 17.9 Å². The number of furan rings is 1. The molecule has 2 aromatic heterocycles. The standard InChI is InChI=1S/C29H26FNO.C19H16N.Ir/c1-19(17-22(15-16-31)21-13-11-20(12-14-21)18-29(2,3)4)23-7-5-8-24-25-9-6-10-26(30)28(25)32-27(23)24;1-14-8-11-19(20-13-14)17-10-9-15(2)18(12-17)16-6-4-3-5-7-16;/h5-6,8-17H,18H2,1-4H3;3-9,11-13H,1-2H3;/q-2;-1;+3/b19-17+,22-15+;;/i11D,12D,13D,14D,18D2;1D3,2D3,3D,4D,5D,6D,7D;. The van der Waals surface area contributed by atoms with E-state index in [-0.39, 0.29) is 70.2 Å². The van der Waals surface area contributed by atoms with Gasteiger partial charge in [-0.15, -0.1) is 58.7 Å². The van der Waals surface area contributed by atoms with Gasteiger partial charge in [0.2, 0.25) is 0 Å². The molecule has 0 spiro atoms. The van der Waals surface area contributed by atoms with Gasteiger partial charge in [0.25, 0.3) is 0 Å². The van der Waals surface area contributed by atoms with Crippen LogP contribution in [0.2, 0.25) is 0 Å². The van der Waals surface area contributed by atoms with E-state index in [2.05, 4.69) is 17.1 Å². The average molecular weight is 891 g/mol. The number of para-hydroxylation sites is 1. The molecule has 0 radical (unpaired) electrons. The van der Waals surface area contributed by atoms with Crippen molar-refractivity contribution in [2.75, 3.05) is 0 Å². The van der Waals surface area contributed by atoms with Gasteiger partial charge in [0, 0.05) is 22.5 Å². The fraction of sp³-hybridized carbons (Fsp3) is 0.167. The molecular weight excluding hydrogens is 832 g/mol. The Morgan fingerprint density at radius 2 is 1.75 bits per heavy atom. The molecule has 0 saturated carbocycles. The van der Waals surface area contributed by atoms with E-state index in [1.807, 2.05) is 0 Å². The van der Waals surface area contributed by atoms with Gasteiger partial charge in [-0.1, -0.05) is 136 Å². The van der Waals surface area contributed by atoms with Gasteiger partial charge >= 0.3 is 20.1 Å². The van der Waals surface area contributed by atoms with Crippen molar-refractivity contribution in [3.8, 4) is 22.4 Å². The van der Waals surface area contributed by atoms with Crippen LogP contribution in [0.1, 0.15) is 78.8 Å². The predicted octanol–water partition coefficient (Wildman–Crippen LogP) is 13.1. The minimum Gasteiger partial charge on any atom is -0.811 e. The van der Waals surface area contributed by atoms with Crippen molar-refractivity contribution in [1.82, 2.24) is 4.98 Å². The van der Waals surface area contributed by atoms with Crippen LogP contribution in [-0.2, 0) is 26.5 Å². The molecule has 0 fully saturated rings. The maximum atomic E-state index is 14.4. The molecule has 0 saturated heterocycles. The fourth-order valence-electron chi connectivity index (χ4n) is 5.29. The second-order valence-electron chi connectivity index (χ2n) is 12.6. The number of aryl methyl sites for hydroxylation is 2. The van der Waals surface area contributed by atoms with E-state index < -0.39 is 85.7 Å². The number of nitrogens with zero attached hydrogens (tertiary/aromatic N) is 2. The number of pyridine rings is 1. The van der Waals surface area contributed by atoms with Gasteiger partial charge in [0.1, 0.15) is 0 Å². The molecule has 0 N–H and O–H groups in total. The number of halogens is 1. The van der Waals surface area contributed by atoms with Crippen molar-refractivity contribution >= 4 is 39.3 Å². The van der Waals surface area contributed by atoms with Crippen molar-refractivity contribution in [2.45, 2.75) is 47.8 Å². The van der Waals surface area contributed by atoms with Crippen molar-refractivity contribution in [3.63, 3.8) is 0 Å². The normalized spacial score (nSPS) is 17.3. The van der Waals surface area contributed by atoms with Crippen LogP contribution < -0.4 is 0 Å². The number of rotatable bonds is 7.